The van der Waals surface area contributed by atoms with E-state index in [1.807, 2.05) is 11.9 Å². The van der Waals surface area contributed by atoms with E-state index in [0.717, 1.165) is 58.2 Å². The summed E-state index contributed by atoms with van der Waals surface area (Å²) in [4.78, 5) is 16.7. The molecule has 5 heteroatoms. The molecule has 0 radical (unpaired) electrons. The summed E-state index contributed by atoms with van der Waals surface area (Å²) in [7, 11) is 1.91. The van der Waals surface area contributed by atoms with Crippen molar-refractivity contribution in [3.05, 3.63) is 12.2 Å². The van der Waals surface area contributed by atoms with Crippen LogP contribution in [-0.4, -0.2) is 66.3 Å². The van der Waals surface area contributed by atoms with Crippen LogP contribution < -0.4 is 5.32 Å². The lowest BCUT2D eigenvalue weighted by Gasteiger charge is -2.37. The number of nitrogens with zero attached hydrogens (tertiary/aromatic N) is 2. The molecule has 5 nitrogen and oxygen atoms in total. The molecule has 2 amide bonds. The summed E-state index contributed by atoms with van der Waals surface area (Å²) in [6.45, 7) is 9.34. The van der Waals surface area contributed by atoms with Crippen LogP contribution in [0.2, 0.25) is 0 Å². The Morgan fingerprint density at radius 3 is 2.35 bits per heavy atom. The first-order valence-electron chi connectivity index (χ1n) is 9.00. The number of aliphatic hydroxyl groups excluding tert-OH is 1. The van der Waals surface area contributed by atoms with Gasteiger partial charge in [0.2, 0.25) is 0 Å². The highest BCUT2D eigenvalue weighted by Crippen LogP contribution is 2.26. The number of amides is 2. The van der Waals surface area contributed by atoms with Gasteiger partial charge in [-0.3, -0.25) is 4.90 Å². The van der Waals surface area contributed by atoms with Gasteiger partial charge in [0.05, 0.1) is 0 Å². The molecule has 2 aliphatic rings. The molecule has 0 aromatic carbocycles. The Balaban J connectivity index is 1.71. The predicted octanol–water partition coefficient (Wildman–Crippen LogP) is 2.22. The van der Waals surface area contributed by atoms with Crippen LogP contribution in [0.15, 0.2) is 12.2 Å². The monoisotopic (exact) mass is 323 g/mol. The van der Waals surface area contributed by atoms with Crippen molar-refractivity contribution in [2.45, 2.75) is 57.5 Å². The number of hydrogen-bond acceptors (Lipinski definition) is 3. The number of urea groups is 1. The van der Waals surface area contributed by atoms with E-state index < -0.39 is 0 Å². The molecule has 1 aliphatic heterocycles. The van der Waals surface area contributed by atoms with E-state index in [4.69, 9.17) is 0 Å². The lowest BCUT2D eigenvalue weighted by molar-refractivity contribution is 0.129. The van der Waals surface area contributed by atoms with Crippen molar-refractivity contribution in [1.82, 2.24) is 15.1 Å². The Morgan fingerprint density at radius 1 is 1.22 bits per heavy atom. The van der Waals surface area contributed by atoms with E-state index in [9.17, 15) is 9.90 Å². The third kappa shape index (κ3) is 5.50. The van der Waals surface area contributed by atoms with Crippen LogP contribution in [0, 0.1) is 5.92 Å². The van der Waals surface area contributed by atoms with Crippen LogP contribution in [0.25, 0.3) is 0 Å². The zero-order chi connectivity index (χ0) is 16.8. The summed E-state index contributed by atoms with van der Waals surface area (Å²) in [5.74, 6) is 0.431. The number of aliphatic hydroxyl groups is 1. The molecule has 0 bridgehead atoms. The van der Waals surface area contributed by atoms with E-state index in [-0.39, 0.29) is 12.6 Å². The Kier molecular flexibility index (Phi) is 6.90. The zero-order valence-corrected chi connectivity index (χ0v) is 14.8. The van der Waals surface area contributed by atoms with Gasteiger partial charge in [-0.15, -0.1) is 0 Å². The minimum absolute atomic E-state index is 0.0656. The molecule has 2 rings (SSSR count). The molecule has 2 fully saturated rings. The third-order valence-electron chi connectivity index (χ3n) is 5.35. The van der Waals surface area contributed by atoms with Crippen molar-refractivity contribution in [1.29, 1.82) is 0 Å². The number of likely N-dealkylation sites (tertiary alicyclic amines) is 1. The molecule has 23 heavy (non-hydrogen) atoms. The van der Waals surface area contributed by atoms with Crippen molar-refractivity contribution in [2.75, 3.05) is 33.3 Å². The molecule has 1 saturated carbocycles. The van der Waals surface area contributed by atoms with Gasteiger partial charge < -0.3 is 15.3 Å². The third-order valence-corrected chi connectivity index (χ3v) is 5.35. The summed E-state index contributed by atoms with van der Waals surface area (Å²) in [5.41, 5.74) is 1.20. The van der Waals surface area contributed by atoms with Crippen molar-refractivity contribution in [3.8, 4) is 0 Å². The second-order valence-corrected chi connectivity index (χ2v) is 7.43. The molecule has 0 aromatic heterocycles. The topological polar surface area (TPSA) is 55.8 Å². The Labute approximate surface area is 140 Å². The first kappa shape index (κ1) is 18.3. The molecule has 1 aliphatic carbocycles. The molecule has 2 N–H and O–H groups in total. The van der Waals surface area contributed by atoms with Gasteiger partial charge in [0.1, 0.15) is 0 Å². The van der Waals surface area contributed by atoms with Gasteiger partial charge in [-0.25, -0.2) is 4.79 Å². The fraction of sp³-hybridized carbons (Fsp3) is 0.833. The van der Waals surface area contributed by atoms with Crippen molar-refractivity contribution >= 4 is 6.03 Å². The molecule has 0 unspecified atom stereocenters. The molecule has 1 saturated heterocycles. The SMILES string of the molecule is C=C(C)CN1CCC(NC(=O)N(C)C2CCC(CO)CC2)CC1. The molecular weight excluding hydrogens is 290 g/mol. The van der Waals surface area contributed by atoms with Gasteiger partial charge in [0.25, 0.3) is 0 Å². The highest BCUT2D eigenvalue weighted by Gasteiger charge is 2.28. The lowest BCUT2D eigenvalue weighted by Crippen LogP contribution is -2.51. The average molecular weight is 323 g/mol. The smallest absolute Gasteiger partial charge is 0.317 e. The standard InChI is InChI=1S/C18H33N3O2/c1-14(2)12-21-10-8-16(9-11-21)19-18(23)20(3)17-6-4-15(13-22)5-7-17/h15-17,22H,1,4-13H2,2-3H3,(H,19,23). The quantitative estimate of drug-likeness (QED) is 0.763. The first-order valence-corrected chi connectivity index (χ1v) is 9.00. The predicted molar refractivity (Wildman–Crippen MR) is 93.4 cm³/mol. The second-order valence-electron chi connectivity index (χ2n) is 7.43. The second kappa shape index (κ2) is 8.69. The molecule has 1 heterocycles. The highest BCUT2D eigenvalue weighted by atomic mass is 16.3. The molecular formula is C18H33N3O2. The van der Waals surface area contributed by atoms with Gasteiger partial charge >= 0.3 is 6.03 Å². The van der Waals surface area contributed by atoms with Crippen molar-refractivity contribution < 1.29 is 9.90 Å². The zero-order valence-electron chi connectivity index (χ0n) is 14.8. The summed E-state index contributed by atoms with van der Waals surface area (Å²) in [6, 6.07) is 0.678. The summed E-state index contributed by atoms with van der Waals surface area (Å²) >= 11 is 0. The first-order chi connectivity index (χ1) is 11.0. The number of rotatable bonds is 5. The normalized spacial score (nSPS) is 26.7. The summed E-state index contributed by atoms with van der Waals surface area (Å²) < 4.78 is 0. The van der Waals surface area contributed by atoms with Gasteiger partial charge in [-0.2, -0.15) is 0 Å². The number of nitrogens with one attached hydrogen (secondary N) is 1. The van der Waals surface area contributed by atoms with Crippen LogP contribution in [0.3, 0.4) is 0 Å². The summed E-state index contributed by atoms with van der Waals surface area (Å²) in [6.07, 6.45) is 6.10. The van der Waals surface area contributed by atoms with E-state index in [2.05, 4.69) is 23.7 Å². The average Bonchev–Trinajstić information content (AvgIpc) is 2.55. The Morgan fingerprint density at radius 2 is 1.83 bits per heavy atom. The molecule has 0 aromatic rings. The van der Waals surface area contributed by atoms with Crippen LogP contribution in [0.4, 0.5) is 4.79 Å². The molecule has 132 valence electrons. The number of carbonyl (C=O) groups is 1. The van der Waals surface area contributed by atoms with E-state index in [1.54, 1.807) is 0 Å². The van der Waals surface area contributed by atoms with Gasteiger partial charge in [0.15, 0.2) is 0 Å². The van der Waals surface area contributed by atoms with Crippen molar-refractivity contribution in [2.24, 2.45) is 5.92 Å². The fourth-order valence-corrected chi connectivity index (χ4v) is 3.77. The molecule has 0 spiro atoms. The Bertz CT molecular complexity index is 397. The van der Waals surface area contributed by atoms with E-state index in [1.165, 1.54) is 5.57 Å². The van der Waals surface area contributed by atoms with Gasteiger partial charge in [-0.05, 0) is 51.4 Å². The van der Waals surface area contributed by atoms with E-state index in [0.29, 0.717) is 18.0 Å². The fourth-order valence-electron chi connectivity index (χ4n) is 3.77. The number of piperidine rings is 1. The van der Waals surface area contributed by atoms with Crippen LogP contribution in [0.1, 0.15) is 45.4 Å². The van der Waals surface area contributed by atoms with Gasteiger partial charge in [0, 0.05) is 45.4 Å². The van der Waals surface area contributed by atoms with E-state index >= 15 is 0 Å². The highest BCUT2D eigenvalue weighted by molar-refractivity contribution is 5.74. The minimum atomic E-state index is 0.0656. The maximum atomic E-state index is 12.5. The van der Waals surface area contributed by atoms with Crippen LogP contribution >= 0.6 is 0 Å². The maximum Gasteiger partial charge on any atom is 0.317 e. The Hall–Kier alpha value is -1.07. The maximum absolute atomic E-state index is 12.5. The summed E-state index contributed by atoms with van der Waals surface area (Å²) in [5, 5.41) is 12.4. The number of hydrogen-bond donors (Lipinski definition) is 2. The lowest BCUT2D eigenvalue weighted by atomic mass is 9.86. The van der Waals surface area contributed by atoms with Crippen LogP contribution in [0.5, 0.6) is 0 Å². The van der Waals surface area contributed by atoms with Crippen LogP contribution in [-0.2, 0) is 0 Å². The van der Waals surface area contributed by atoms with Gasteiger partial charge in [-0.1, -0.05) is 12.2 Å². The van der Waals surface area contributed by atoms with Crippen molar-refractivity contribution in [3.63, 3.8) is 0 Å². The number of carbonyl (C=O) groups excluding carboxylic acids is 1. The molecule has 0 atom stereocenters. The largest absolute Gasteiger partial charge is 0.396 e. The minimum Gasteiger partial charge on any atom is -0.396 e.